The maximum Gasteiger partial charge on any atom is 0.249 e. The third-order valence-electron chi connectivity index (χ3n) is 4.50. The number of aromatic nitrogens is 1. The van der Waals surface area contributed by atoms with Gasteiger partial charge < -0.3 is 15.0 Å². The lowest BCUT2D eigenvalue weighted by molar-refractivity contribution is -0.130. The van der Waals surface area contributed by atoms with Gasteiger partial charge in [0, 0.05) is 35.2 Å². The summed E-state index contributed by atoms with van der Waals surface area (Å²) in [6, 6.07) is 8.32. The number of para-hydroxylation sites is 1. The van der Waals surface area contributed by atoms with Crippen LogP contribution in [0.4, 0.5) is 0 Å². The van der Waals surface area contributed by atoms with Gasteiger partial charge >= 0.3 is 0 Å². The molecule has 0 aliphatic carbocycles. The van der Waals surface area contributed by atoms with Crippen LogP contribution < -0.4 is 5.32 Å². The van der Waals surface area contributed by atoms with Crippen molar-refractivity contribution in [2.24, 2.45) is 0 Å². The zero-order valence-corrected chi connectivity index (χ0v) is 13.5. The molecular formula is C18H24N2O2. The number of carbonyl (C=O) groups is 1. The first-order valence-corrected chi connectivity index (χ1v) is 7.96. The minimum atomic E-state index is -0.264. The smallest absolute Gasteiger partial charge is 0.249 e. The Kier molecular flexibility index (Phi) is 3.96. The van der Waals surface area contributed by atoms with Crippen molar-refractivity contribution in [1.29, 1.82) is 0 Å². The molecule has 1 amide bonds. The number of hydrogen-bond acceptors (Lipinski definition) is 2. The minimum absolute atomic E-state index is 0.0167. The van der Waals surface area contributed by atoms with E-state index >= 15 is 0 Å². The van der Waals surface area contributed by atoms with Crippen LogP contribution in [0.3, 0.4) is 0 Å². The minimum Gasteiger partial charge on any atom is -0.368 e. The number of amides is 1. The summed E-state index contributed by atoms with van der Waals surface area (Å²) in [5, 5.41) is 4.30. The molecule has 2 N–H and O–H groups in total. The Labute approximate surface area is 131 Å². The lowest BCUT2D eigenvalue weighted by Crippen LogP contribution is -2.41. The van der Waals surface area contributed by atoms with Crippen LogP contribution in [0.2, 0.25) is 0 Å². The molecule has 2 heterocycles. The van der Waals surface area contributed by atoms with E-state index in [0.29, 0.717) is 13.2 Å². The molecule has 0 bridgehead atoms. The highest BCUT2D eigenvalue weighted by Crippen LogP contribution is 2.33. The molecule has 2 aromatic rings. The van der Waals surface area contributed by atoms with E-state index in [-0.39, 0.29) is 17.4 Å². The molecule has 4 nitrogen and oxygen atoms in total. The molecule has 3 rings (SSSR count). The SMILES string of the molecule is Cc1[nH]c2ccccc2c1C(C)(C)CNC(=O)C1CCCO1. The van der Waals surface area contributed by atoms with Crippen molar-refractivity contribution in [3.05, 3.63) is 35.5 Å². The van der Waals surface area contributed by atoms with Crippen LogP contribution >= 0.6 is 0 Å². The Hall–Kier alpha value is -1.81. The molecule has 0 spiro atoms. The summed E-state index contributed by atoms with van der Waals surface area (Å²) in [7, 11) is 0. The second-order valence-corrected chi connectivity index (χ2v) is 6.77. The molecule has 1 aliphatic heterocycles. The number of aromatic amines is 1. The predicted octanol–water partition coefficient (Wildman–Crippen LogP) is 3.05. The van der Waals surface area contributed by atoms with Gasteiger partial charge in [-0.1, -0.05) is 32.0 Å². The number of rotatable bonds is 4. The van der Waals surface area contributed by atoms with Crippen LogP contribution in [0.15, 0.2) is 24.3 Å². The number of H-pyrrole nitrogens is 1. The Balaban J connectivity index is 1.79. The number of nitrogens with one attached hydrogen (secondary N) is 2. The van der Waals surface area contributed by atoms with E-state index in [2.05, 4.69) is 49.3 Å². The molecule has 1 aromatic heterocycles. The van der Waals surface area contributed by atoms with Crippen LogP contribution in [0.1, 0.15) is 37.9 Å². The van der Waals surface area contributed by atoms with E-state index in [1.165, 1.54) is 10.9 Å². The second-order valence-electron chi connectivity index (χ2n) is 6.77. The third-order valence-corrected chi connectivity index (χ3v) is 4.50. The van der Waals surface area contributed by atoms with Crippen molar-refractivity contribution in [3.8, 4) is 0 Å². The van der Waals surface area contributed by atoms with Gasteiger partial charge in [0.25, 0.3) is 0 Å². The molecule has 118 valence electrons. The normalized spacial score (nSPS) is 18.8. The van der Waals surface area contributed by atoms with Gasteiger partial charge in [-0.25, -0.2) is 0 Å². The number of aryl methyl sites for hydroxylation is 1. The van der Waals surface area contributed by atoms with E-state index in [0.717, 1.165) is 24.1 Å². The van der Waals surface area contributed by atoms with E-state index < -0.39 is 0 Å². The average molecular weight is 300 g/mol. The van der Waals surface area contributed by atoms with Gasteiger partial charge in [0.15, 0.2) is 0 Å². The quantitative estimate of drug-likeness (QED) is 0.912. The number of benzene rings is 1. The molecule has 1 fully saturated rings. The van der Waals surface area contributed by atoms with Crippen LogP contribution in [0, 0.1) is 6.92 Å². The fourth-order valence-corrected chi connectivity index (χ4v) is 3.44. The summed E-state index contributed by atoms with van der Waals surface area (Å²) in [5.74, 6) is 0.0167. The first-order chi connectivity index (χ1) is 10.5. The molecule has 1 aromatic carbocycles. The Morgan fingerprint density at radius 1 is 1.41 bits per heavy atom. The topological polar surface area (TPSA) is 54.1 Å². The van der Waals surface area contributed by atoms with Crippen LogP contribution in [-0.2, 0) is 14.9 Å². The van der Waals surface area contributed by atoms with Gasteiger partial charge in [0.1, 0.15) is 6.10 Å². The molecule has 0 saturated carbocycles. The van der Waals surface area contributed by atoms with E-state index in [1.54, 1.807) is 0 Å². The van der Waals surface area contributed by atoms with E-state index in [4.69, 9.17) is 4.74 Å². The lowest BCUT2D eigenvalue weighted by atomic mass is 9.82. The maximum atomic E-state index is 12.2. The summed E-state index contributed by atoms with van der Waals surface area (Å²) in [4.78, 5) is 15.6. The summed E-state index contributed by atoms with van der Waals surface area (Å²) < 4.78 is 5.45. The standard InChI is InChI=1S/C18H24N2O2/c1-12-16(13-7-4-5-8-14(13)20-12)18(2,3)11-19-17(21)15-9-6-10-22-15/h4-5,7-8,15,20H,6,9-11H2,1-3H3,(H,19,21). The summed E-state index contributed by atoms with van der Waals surface area (Å²) >= 11 is 0. The number of fused-ring (bicyclic) bond motifs is 1. The van der Waals surface area contributed by atoms with Gasteiger partial charge in [-0.3, -0.25) is 4.79 Å². The maximum absolute atomic E-state index is 12.2. The van der Waals surface area contributed by atoms with Gasteiger partial charge in [0.2, 0.25) is 5.91 Å². The highest BCUT2D eigenvalue weighted by atomic mass is 16.5. The fourth-order valence-electron chi connectivity index (χ4n) is 3.44. The monoisotopic (exact) mass is 300 g/mol. The number of hydrogen-bond donors (Lipinski definition) is 2. The molecule has 22 heavy (non-hydrogen) atoms. The average Bonchev–Trinajstić information content (AvgIpc) is 3.11. The fraction of sp³-hybridized carbons (Fsp3) is 0.500. The Morgan fingerprint density at radius 2 is 2.18 bits per heavy atom. The highest BCUT2D eigenvalue weighted by Gasteiger charge is 2.29. The Bertz CT molecular complexity index is 681. The van der Waals surface area contributed by atoms with Crippen LogP contribution in [0.5, 0.6) is 0 Å². The molecule has 1 unspecified atom stereocenters. The van der Waals surface area contributed by atoms with Crippen molar-refractivity contribution in [2.75, 3.05) is 13.2 Å². The zero-order valence-electron chi connectivity index (χ0n) is 13.5. The molecule has 0 radical (unpaired) electrons. The van der Waals surface area contributed by atoms with Crippen molar-refractivity contribution < 1.29 is 9.53 Å². The van der Waals surface area contributed by atoms with Gasteiger partial charge in [-0.15, -0.1) is 0 Å². The van der Waals surface area contributed by atoms with Crippen molar-refractivity contribution in [2.45, 2.75) is 45.1 Å². The van der Waals surface area contributed by atoms with Gasteiger partial charge in [-0.2, -0.15) is 0 Å². The van der Waals surface area contributed by atoms with Gasteiger partial charge in [0.05, 0.1) is 0 Å². The van der Waals surface area contributed by atoms with Crippen molar-refractivity contribution in [3.63, 3.8) is 0 Å². The first-order valence-electron chi connectivity index (χ1n) is 7.96. The highest BCUT2D eigenvalue weighted by molar-refractivity contribution is 5.86. The largest absolute Gasteiger partial charge is 0.368 e. The first kappa shape index (κ1) is 15.1. The lowest BCUT2D eigenvalue weighted by Gasteiger charge is -2.27. The number of ether oxygens (including phenoxy) is 1. The molecule has 4 heteroatoms. The summed E-state index contributed by atoms with van der Waals surface area (Å²) in [6.07, 6.45) is 1.54. The van der Waals surface area contributed by atoms with Crippen LogP contribution in [0.25, 0.3) is 10.9 Å². The van der Waals surface area contributed by atoms with Gasteiger partial charge in [-0.05, 0) is 31.4 Å². The summed E-state index contributed by atoms with van der Waals surface area (Å²) in [6.45, 7) is 7.74. The van der Waals surface area contributed by atoms with Crippen molar-refractivity contribution in [1.82, 2.24) is 10.3 Å². The molecule has 1 aliphatic rings. The van der Waals surface area contributed by atoms with Crippen molar-refractivity contribution >= 4 is 16.8 Å². The van der Waals surface area contributed by atoms with E-state index in [9.17, 15) is 4.79 Å². The predicted molar refractivity (Wildman–Crippen MR) is 88.0 cm³/mol. The molecule has 1 atom stereocenters. The third kappa shape index (κ3) is 2.75. The number of carbonyl (C=O) groups excluding carboxylic acids is 1. The van der Waals surface area contributed by atoms with E-state index in [1.807, 2.05) is 6.07 Å². The zero-order chi connectivity index (χ0) is 15.7. The molecular weight excluding hydrogens is 276 g/mol. The molecule has 1 saturated heterocycles. The summed E-state index contributed by atoms with van der Waals surface area (Å²) in [5.41, 5.74) is 3.44. The second kappa shape index (κ2) is 5.76. The van der Waals surface area contributed by atoms with Crippen LogP contribution in [-0.4, -0.2) is 30.1 Å². The Morgan fingerprint density at radius 3 is 2.91 bits per heavy atom.